The smallest absolute Gasteiger partial charge is 0.247 e. The van der Waals surface area contributed by atoms with Gasteiger partial charge in [0.05, 0.1) is 5.02 Å². The summed E-state index contributed by atoms with van der Waals surface area (Å²) in [6.45, 7) is 0.924. The van der Waals surface area contributed by atoms with Gasteiger partial charge in [-0.15, -0.1) is 0 Å². The van der Waals surface area contributed by atoms with Crippen molar-refractivity contribution < 1.29 is 9.18 Å². The monoisotopic (exact) mass is 379 g/mol. The minimum Gasteiger partial charge on any atom is -0.331 e. The first-order chi connectivity index (χ1) is 13.1. The molecule has 0 fully saturated rings. The summed E-state index contributed by atoms with van der Waals surface area (Å²) in [7, 11) is 0. The zero-order chi connectivity index (χ0) is 19.1. The number of benzene rings is 3. The number of halogens is 2. The number of carbonyl (C=O) groups is 1. The van der Waals surface area contributed by atoms with E-state index in [1.54, 1.807) is 11.0 Å². The Bertz CT molecular complexity index is 864. The highest BCUT2D eigenvalue weighted by atomic mass is 35.5. The predicted octanol–water partition coefficient (Wildman–Crippen LogP) is 5.72. The number of amides is 1. The molecule has 0 saturated heterocycles. The summed E-state index contributed by atoms with van der Waals surface area (Å²) in [5.74, 6) is -0.661. The van der Waals surface area contributed by atoms with E-state index in [1.165, 1.54) is 24.3 Å². The molecular formula is C23H19ClFNO. The van der Waals surface area contributed by atoms with Crippen LogP contribution in [-0.2, 0) is 17.9 Å². The van der Waals surface area contributed by atoms with Crippen molar-refractivity contribution in [3.8, 4) is 0 Å². The average molecular weight is 380 g/mol. The number of hydrogen-bond donors (Lipinski definition) is 0. The van der Waals surface area contributed by atoms with E-state index in [-0.39, 0.29) is 16.5 Å². The van der Waals surface area contributed by atoms with Crippen LogP contribution in [0, 0.1) is 5.82 Å². The van der Waals surface area contributed by atoms with E-state index in [9.17, 15) is 9.18 Å². The van der Waals surface area contributed by atoms with E-state index in [1.807, 2.05) is 60.7 Å². The van der Waals surface area contributed by atoms with E-state index in [4.69, 9.17) is 11.6 Å². The fraction of sp³-hybridized carbons (Fsp3) is 0.0870. The lowest BCUT2D eigenvalue weighted by Crippen LogP contribution is -2.28. The Morgan fingerprint density at radius 2 is 1.41 bits per heavy atom. The predicted molar refractivity (Wildman–Crippen MR) is 108 cm³/mol. The standard InChI is InChI=1S/C23H19ClFNO/c24-21-12-7-13-22(25)20(21)14-15-23(27)26(16-18-8-3-1-4-9-18)17-19-10-5-2-6-11-19/h1-15H,16-17H2. The second-order valence-electron chi connectivity index (χ2n) is 6.13. The summed E-state index contributed by atoms with van der Waals surface area (Å²) in [5, 5.41) is 0.275. The van der Waals surface area contributed by atoms with Crippen LogP contribution in [0.2, 0.25) is 5.02 Å². The first-order valence-corrected chi connectivity index (χ1v) is 9.00. The SMILES string of the molecule is O=C(C=Cc1c(F)cccc1Cl)N(Cc1ccccc1)Cc1ccccc1. The molecule has 0 bridgehead atoms. The summed E-state index contributed by atoms with van der Waals surface area (Å²) in [6, 6.07) is 24.0. The van der Waals surface area contributed by atoms with Crippen molar-refractivity contribution in [2.45, 2.75) is 13.1 Å². The first kappa shape index (κ1) is 18.9. The number of hydrogen-bond acceptors (Lipinski definition) is 1. The highest BCUT2D eigenvalue weighted by molar-refractivity contribution is 6.32. The summed E-state index contributed by atoms with van der Waals surface area (Å²) in [5.41, 5.74) is 2.27. The van der Waals surface area contributed by atoms with Gasteiger partial charge in [0.1, 0.15) is 5.82 Å². The number of nitrogens with zero attached hydrogens (tertiary/aromatic N) is 1. The van der Waals surface area contributed by atoms with Crippen LogP contribution in [0.1, 0.15) is 16.7 Å². The highest BCUT2D eigenvalue weighted by Gasteiger charge is 2.13. The normalized spacial score (nSPS) is 10.9. The Morgan fingerprint density at radius 3 is 1.93 bits per heavy atom. The molecule has 3 aromatic carbocycles. The lowest BCUT2D eigenvalue weighted by molar-refractivity contribution is -0.127. The quantitative estimate of drug-likeness (QED) is 0.501. The molecule has 0 heterocycles. The molecule has 27 heavy (non-hydrogen) atoms. The molecule has 136 valence electrons. The molecule has 0 atom stereocenters. The Balaban J connectivity index is 1.82. The van der Waals surface area contributed by atoms with Crippen molar-refractivity contribution >= 4 is 23.6 Å². The Kier molecular flexibility index (Phi) is 6.39. The van der Waals surface area contributed by atoms with Crippen molar-refractivity contribution in [3.63, 3.8) is 0 Å². The van der Waals surface area contributed by atoms with Crippen LogP contribution in [0.25, 0.3) is 6.08 Å². The fourth-order valence-electron chi connectivity index (χ4n) is 2.75. The van der Waals surface area contributed by atoms with Crippen LogP contribution in [0.15, 0.2) is 84.9 Å². The fourth-order valence-corrected chi connectivity index (χ4v) is 2.98. The minimum atomic E-state index is -0.454. The average Bonchev–Trinajstić information content (AvgIpc) is 2.68. The summed E-state index contributed by atoms with van der Waals surface area (Å²) < 4.78 is 13.9. The lowest BCUT2D eigenvalue weighted by atomic mass is 10.1. The second kappa shape index (κ2) is 9.15. The molecule has 0 saturated carbocycles. The van der Waals surface area contributed by atoms with Crippen LogP contribution >= 0.6 is 11.6 Å². The van der Waals surface area contributed by atoms with Crippen molar-refractivity contribution in [2.24, 2.45) is 0 Å². The van der Waals surface area contributed by atoms with Crippen molar-refractivity contribution in [2.75, 3.05) is 0 Å². The van der Waals surface area contributed by atoms with Crippen LogP contribution < -0.4 is 0 Å². The molecule has 0 aliphatic rings. The molecule has 0 aliphatic carbocycles. The number of carbonyl (C=O) groups excluding carboxylic acids is 1. The van der Waals surface area contributed by atoms with Gasteiger partial charge >= 0.3 is 0 Å². The van der Waals surface area contributed by atoms with Crippen molar-refractivity contribution in [1.29, 1.82) is 0 Å². The molecule has 1 amide bonds. The molecule has 4 heteroatoms. The third-order valence-electron chi connectivity index (χ3n) is 4.14. The van der Waals surface area contributed by atoms with Gasteiger partial charge in [0.25, 0.3) is 0 Å². The Labute approximate surface area is 163 Å². The highest BCUT2D eigenvalue weighted by Crippen LogP contribution is 2.20. The minimum absolute atomic E-state index is 0.206. The van der Waals surface area contributed by atoms with Gasteiger partial charge in [-0.25, -0.2) is 4.39 Å². The molecule has 0 aliphatic heterocycles. The Hall–Kier alpha value is -2.91. The van der Waals surface area contributed by atoms with E-state index in [0.717, 1.165) is 11.1 Å². The van der Waals surface area contributed by atoms with Gasteiger partial charge in [0.15, 0.2) is 0 Å². The molecule has 0 N–H and O–H groups in total. The molecule has 0 aromatic heterocycles. The van der Waals surface area contributed by atoms with E-state index in [0.29, 0.717) is 13.1 Å². The van der Waals surface area contributed by atoms with Crippen LogP contribution in [0.5, 0.6) is 0 Å². The molecule has 0 unspecified atom stereocenters. The van der Waals surface area contributed by atoms with E-state index in [2.05, 4.69) is 0 Å². The molecule has 3 aromatic rings. The molecule has 0 radical (unpaired) electrons. The topological polar surface area (TPSA) is 20.3 Å². The maximum atomic E-state index is 13.9. The zero-order valence-electron chi connectivity index (χ0n) is 14.7. The van der Waals surface area contributed by atoms with Crippen LogP contribution in [0.3, 0.4) is 0 Å². The van der Waals surface area contributed by atoms with Gasteiger partial charge in [0.2, 0.25) is 5.91 Å². The third kappa shape index (κ3) is 5.28. The Morgan fingerprint density at radius 1 is 0.852 bits per heavy atom. The van der Waals surface area contributed by atoms with Gasteiger partial charge in [-0.1, -0.05) is 78.3 Å². The summed E-state index contributed by atoms with van der Waals surface area (Å²) in [4.78, 5) is 14.5. The van der Waals surface area contributed by atoms with E-state index >= 15 is 0 Å². The van der Waals surface area contributed by atoms with Crippen molar-refractivity contribution in [3.05, 3.63) is 112 Å². The second-order valence-corrected chi connectivity index (χ2v) is 6.54. The third-order valence-corrected chi connectivity index (χ3v) is 4.47. The number of rotatable bonds is 6. The van der Waals surface area contributed by atoms with Gasteiger partial charge in [-0.05, 0) is 29.3 Å². The zero-order valence-corrected chi connectivity index (χ0v) is 15.4. The van der Waals surface area contributed by atoms with Gasteiger partial charge in [-0.2, -0.15) is 0 Å². The molecular weight excluding hydrogens is 361 g/mol. The van der Waals surface area contributed by atoms with Crippen LogP contribution in [0.4, 0.5) is 4.39 Å². The first-order valence-electron chi connectivity index (χ1n) is 8.62. The molecule has 2 nitrogen and oxygen atoms in total. The largest absolute Gasteiger partial charge is 0.331 e. The summed E-state index contributed by atoms with van der Waals surface area (Å²) >= 11 is 6.04. The molecule has 0 spiro atoms. The van der Waals surface area contributed by atoms with Gasteiger partial charge in [0, 0.05) is 24.7 Å². The van der Waals surface area contributed by atoms with E-state index < -0.39 is 5.82 Å². The summed E-state index contributed by atoms with van der Waals surface area (Å²) in [6.07, 6.45) is 2.80. The maximum Gasteiger partial charge on any atom is 0.247 e. The molecule has 3 rings (SSSR count). The lowest BCUT2D eigenvalue weighted by Gasteiger charge is -2.21. The van der Waals surface area contributed by atoms with Gasteiger partial charge < -0.3 is 4.90 Å². The van der Waals surface area contributed by atoms with Crippen LogP contribution in [-0.4, -0.2) is 10.8 Å². The van der Waals surface area contributed by atoms with Gasteiger partial charge in [-0.3, -0.25) is 4.79 Å². The maximum absolute atomic E-state index is 13.9. The van der Waals surface area contributed by atoms with Crippen molar-refractivity contribution in [1.82, 2.24) is 4.90 Å².